The molecule has 0 amide bonds. The summed E-state index contributed by atoms with van der Waals surface area (Å²) in [5.41, 5.74) is 7.36. The number of nitrogens with one attached hydrogen (secondary N) is 1. The first-order chi connectivity index (χ1) is 5.07. The monoisotopic (exact) mass is 152 g/mol. The minimum atomic E-state index is 0.144. The fourth-order valence-electron chi connectivity index (χ4n) is 0.475. The molecule has 62 valence electrons. The van der Waals surface area contributed by atoms with Gasteiger partial charge in [0, 0.05) is 0 Å². The summed E-state index contributed by atoms with van der Waals surface area (Å²) in [5, 5.41) is 7.08. The lowest BCUT2D eigenvalue weighted by Crippen LogP contribution is -2.10. The van der Waals surface area contributed by atoms with Crippen LogP contribution in [0.5, 0.6) is 0 Å². The van der Waals surface area contributed by atoms with Crippen molar-refractivity contribution in [1.29, 1.82) is 5.41 Å². The largest absolute Gasteiger partial charge is 0.384 e. The van der Waals surface area contributed by atoms with Gasteiger partial charge < -0.3 is 5.73 Å². The molecule has 0 atom stereocenters. The first-order valence-corrected chi connectivity index (χ1v) is 3.76. The Morgan fingerprint density at radius 1 is 1.36 bits per heavy atom. The number of allylic oxidation sites excluding steroid dienone is 3. The molecule has 0 heterocycles. The van der Waals surface area contributed by atoms with Crippen molar-refractivity contribution in [2.45, 2.75) is 27.2 Å². The van der Waals surface area contributed by atoms with Gasteiger partial charge in [-0.05, 0) is 25.8 Å². The highest BCUT2D eigenvalue weighted by Crippen LogP contribution is 2.00. The molecule has 0 aromatic heterocycles. The molecule has 0 aliphatic rings. The molecule has 0 fully saturated rings. The van der Waals surface area contributed by atoms with E-state index >= 15 is 0 Å². The van der Waals surface area contributed by atoms with Crippen LogP contribution in [0.4, 0.5) is 0 Å². The summed E-state index contributed by atoms with van der Waals surface area (Å²) in [7, 11) is 0. The van der Waals surface area contributed by atoms with Gasteiger partial charge in [0.05, 0.1) is 0 Å². The molecule has 2 nitrogen and oxygen atoms in total. The Labute approximate surface area is 68.3 Å². The molecule has 0 bridgehead atoms. The lowest BCUT2D eigenvalue weighted by atomic mass is 10.2. The number of amidine groups is 1. The molecule has 0 rings (SSSR count). The molecule has 0 aliphatic carbocycles. The van der Waals surface area contributed by atoms with Crippen LogP contribution < -0.4 is 5.73 Å². The lowest BCUT2D eigenvalue weighted by Gasteiger charge is -1.94. The van der Waals surface area contributed by atoms with Crippen molar-refractivity contribution in [1.82, 2.24) is 0 Å². The van der Waals surface area contributed by atoms with Gasteiger partial charge >= 0.3 is 0 Å². The van der Waals surface area contributed by atoms with E-state index in [-0.39, 0.29) is 5.84 Å². The third kappa shape index (κ3) is 4.37. The fourth-order valence-corrected chi connectivity index (χ4v) is 0.475. The number of nitrogens with two attached hydrogens (primary N) is 1. The van der Waals surface area contributed by atoms with Gasteiger partial charge in [-0.1, -0.05) is 24.6 Å². The van der Waals surface area contributed by atoms with E-state index in [0.717, 1.165) is 12.0 Å². The Morgan fingerprint density at radius 3 is 2.27 bits per heavy atom. The molecular formula is C9H16N2. The second-order valence-corrected chi connectivity index (χ2v) is 2.63. The van der Waals surface area contributed by atoms with Crippen molar-refractivity contribution < 1.29 is 0 Å². The molecule has 2 heteroatoms. The lowest BCUT2D eigenvalue weighted by molar-refractivity contribution is 1.10. The van der Waals surface area contributed by atoms with Crippen LogP contribution in [0.15, 0.2) is 23.3 Å². The maximum absolute atomic E-state index is 7.08. The van der Waals surface area contributed by atoms with Crippen molar-refractivity contribution >= 4 is 5.84 Å². The van der Waals surface area contributed by atoms with Crippen LogP contribution in [0.2, 0.25) is 0 Å². The van der Waals surface area contributed by atoms with Gasteiger partial charge in [0.25, 0.3) is 0 Å². The molecular weight excluding hydrogens is 136 g/mol. The second-order valence-electron chi connectivity index (χ2n) is 2.63. The zero-order valence-corrected chi connectivity index (χ0v) is 7.44. The summed E-state index contributed by atoms with van der Waals surface area (Å²) in [6, 6.07) is 0. The molecule has 3 N–H and O–H groups in total. The summed E-state index contributed by atoms with van der Waals surface area (Å²) in [6.07, 6.45) is 4.92. The fraction of sp³-hybridized carbons (Fsp3) is 0.444. The zero-order chi connectivity index (χ0) is 8.85. The Morgan fingerprint density at radius 2 is 1.91 bits per heavy atom. The maximum atomic E-state index is 7.08. The summed E-state index contributed by atoms with van der Waals surface area (Å²) in [6.45, 7) is 5.99. The number of rotatable bonds is 3. The molecule has 0 saturated carbocycles. The van der Waals surface area contributed by atoms with E-state index in [0.29, 0.717) is 0 Å². The van der Waals surface area contributed by atoms with E-state index in [1.54, 1.807) is 0 Å². The van der Waals surface area contributed by atoms with E-state index in [1.165, 1.54) is 5.57 Å². The van der Waals surface area contributed by atoms with Gasteiger partial charge in [0.1, 0.15) is 5.84 Å². The second kappa shape index (κ2) is 4.72. The van der Waals surface area contributed by atoms with Crippen LogP contribution >= 0.6 is 0 Å². The summed E-state index contributed by atoms with van der Waals surface area (Å²) in [5.74, 6) is 0.144. The van der Waals surface area contributed by atoms with Crippen LogP contribution in [0.1, 0.15) is 27.2 Å². The molecule has 0 aliphatic heterocycles. The summed E-state index contributed by atoms with van der Waals surface area (Å²) in [4.78, 5) is 0. The average Bonchev–Trinajstić information content (AvgIpc) is 1.99. The Hall–Kier alpha value is -1.05. The standard InChI is InChI=1S/C9H16N2/c1-4-7(2)5-6-8(3)9(10)11/h5-6H,4H2,1-3H3,(H3,10,11)/b7-5+,8-6?. The van der Waals surface area contributed by atoms with Gasteiger partial charge in [0.2, 0.25) is 0 Å². The molecule has 0 aromatic rings. The molecule has 0 saturated heterocycles. The third-order valence-corrected chi connectivity index (χ3v) is 1.60. The first-order valence-electron chi connectivity index (χ1n) is 3.76. The minimum absolute atomic E-state index is 0.144. The molecule has 0 spiro atoms. The Bertz CT molecular complexity index is 200. The van der Waals surface area contributed by atoms with Gasteiger partial charge in [-0.2, -0.15) is 0 Å². The number of hydrogen-bond acceptors (Lipinski definition) is 1. The maximum Gasteiger partial charge on any atom is 0.118 e. The van der Waals surface area contributed by atoms with Gasteiger partial charge in [-0.3, -0.25) is 5.41 Å². The molecule has 11 heavy (non-hydrogen) atoms. The average molecular weight is 152 g/mol. The first kappa shape index (κ1) is 9.95. The van der Waals surface area contributed by atoms with Gasteiger partial charge in [-0.25, -0.2) is 0 Å². The summed E-state index contributed by atoms with van der Waals surface area (Å²) >= 11 is 0. The van der Waals surface area contributed by atoms with Crippen molar-refractivity contribution in [3.05, 3.63) is 23.3 Å². The molecule has 0 radical (unpaired) electrons. The Kier molecular flexibility index (Phi) is 4.27. The van der Waals surface area contributed by atoms with E-state index in [4.69, 9.17) is 11.1 Å². The van der Waals surface area contributed by atoms with Gasteiger partial charge in [0.15, 0.2) is 0 Å². The zero-order valence-electron chi connectivity index (χ0n) is 7.44. The minimum Gasteiger partial charge on any atom is -0.384 e. The third-order valence-electron chi connectivity index (χ3n) is 1.60. The SMILES string of the molecule is CC/C(C)=C/C=C(C)C(=N)N. The van der Waals surface area contributed by atoms with Gasteiger partial charge in [-0.15, -0.1) is 0 Å². The van der Waals surface area contributed by atoms with E-state index < -0.39 is 0 Å². The highest BCUT2D eigenvalue weighted by Gasteiger charge is 1.88. The van der Waals surface area contributed by atoms with Crippen LogP contribution in [0.25, 0.3) is 0 Å². The van der Waals surface area contributed by atoms with Crippen molar-refractivity contribution in [3.8, 4) is 0 Å². The summed E-state index contributed by atoms with van der Waals surface area (Å²) < 4.78 is 0. The van der Waals surface area contributed by atoms with E-state index in [1.807, 2.05) is 19.1 Å². The van der Waals surface area contributed by atoms with Crippen LogP contribution in [0, 0.1) is 5.41 Å². The van der Waals surface area contributed by atoms with E-state index in [9.17, 15) is 0 Å². The van der Waals surface area contributed by atoms with Crippen LogP contribution in [-0.2, 0) is 0 Å². The predicted molar refractivity (Wildman–Crippen MR) is 49.7 cm³/mol. The topological polar surface area (TPSA) is 49.9 Å². The Balaban J connectivity index is 4.22. The molecule has 0 unspecified atom stereocenters. The van der Waals surface area contributed by atoms with Crippen molar-refractivity contribution in [2.75, 3.05) is 0 Å². The smallest absolute Gasteiger partial charge is 0.118 e. The van der Waals surface area contributed by atoms with Crippen molar-refractivity contribution in [2.24, 2.45) is 5.73 Å². The predicted octanol–water partition coefficient (Wildman–Crippen LogP) is 2.22. The highest BCUT2D eigenvalue weighted by molar-refractivity contribution is 5.93. The normalized spacial score (nSPS) is 13.4. The highest BCUT2D eigenvalue weighted by atomic mass is 14.7. The number of hydrogen-bond donors (Lipinski definition) is 2. The van der Waals surface area contributed by atoms with E-state index in [2.05, 4.69) is 13.8 Å². The van der Waals surface area contributed by atoms with Crippen molar-refractivity contribution in [3.63, 3.8) is 0 Å². The van der Waals surface area contributed by atoms with Crippen LogP contribution in [0.3, 0.4) is 0 Å². The van der Waals surface area contributed by atoms with Crippen LogP contribution in [-0.4, -0.2) is 5.84 Å². The quantitative estimate of drug-likeness (QED) is 0.363. The molecule has 0 aromatic carbocycles.